The van der Waals surface area contributed by atoms with Gasteiger partial charge >= 0.3 is 0 Å². The summed E-state index contributed by atoms with van der Waals surface area (Å²) in [5.74, 6) is 0.609. The fourth-order valence-corrected chi connectivity index (χ4v) is 1.83. The maximum absolute atomic E-state index is 11.9. The molecule has 0 saturated heterocycles. The summed E-state index contributed by atoms with van der Waals surface area (Å²) in [5.41, 5.74) is 1.03. The maximum Gasteiger partial charge on any atom is 0.251 e. The van der Waals surface area contributed by atoms with Gasteiger partial charge in [0.15, 0.2) is 0 Å². The van der Waals surface area contributed by atoms with E-state index >= 15 is 0 Å². The number of halogens is 1. The van der Waals surface area contributed by atoms with Crippen molar-refractivity contribution in [1.82, 2.24) is 5.32 Å². The molecule has 1 aromatic carbocycles. The van der Waals surface area contributed by atoms with Crippen LogP contribution in [0.4, 0.5) is 0 Å². The largest absolute Gasteiger partial charge is 0.482 e. The van der Waals surface area contributed by atoms with Crippen molar-refractivity contribution < 1.29 is 14.3 Å². The molecule has 1 amide bonds. The molecule has 0 aliphatic carbocycles. The summed E-state index contributed by atoms with van der Waals surface area (Å²) in [4.78, 5) is 11.9. The quantitative estimate of drug-likeness (QED) is 0.559. The van der Waals surface area contributed by atoms with Crippen LogP contribution in [0.2, 0.25) is 0 Å². The van der Waals surface area contributed by atoms with E-state index in [-0.39, 0.29) is 5.91 Å². The second kappa shape index (κ2) is 9.81. The normalized spacial score (nSPS) is 10.2. The van der Waals surface area contributed by atoms with Gasteiger partial charge in [0.05, 0.1) is 0 Å². The molecule has 19 heavy (non-hydrogen) atoms. The Morgan fingerprint density at radius 2 is 2.21 bits per heavy atom. The lowest BCUT2D eigenvalue weighted by Crippen LogP contribution is -2.24. The smallest absolute Gasteiger partial charge is 0.251 e. The highest BCUT2D eigenvalue weighted by atomic mass is 79.9. The highest BCUT2D eigenvalue weighted by molar-refractivity contribution is 9.09. The van der Waals surface area contributed by atoms with Crippen LogP contribution in [0, 0.1) is 0 Å². The van der Waals surface area contributed by atoms with Crippen molar-refractivity contribution in [1.29, 1.82) is 0 Å². The van der Waals surface area contributed by atoms with E-state index in [0.717, 1.165) is 26.1 Å². The average molecular weight is 330 g/mol. The van der Waals surface area contributed by atoms with Gasteiger partial charge < -0.3 is 14.8 Å². The fraction of sp³-hybridized carbons (Fsp3) is 0.500. The van der Waals surface area contributed by atoms with Gasteiger partial charge in [-0.3, -0.25) is 4.79 Å². The van der Waals surface area contributed by atoms with Crippen LogP contribution in [-0.2, 0) is 4.74 Å². The van der Waals surface area contributed by atoms with E-state index in [4.69, 9.17) is 9.47 Å². The monoisotopic (exact) mass is 329 g/mol. The number of amides is 1. The van der Waals surface area contributed by atoms with Crippen LogP contribution < -0.4 is 10.1 Å². The molecule has 106 valence electrons. The molecule has 1 rings (SSSR count). The molecule has 5 heteroatoms. The predicted octanol–water partition coefficient (Wildman–Crippen LogP) is 2.96. The first-order chi connectivity index (χ1) is 9.27. The Balaban J connectivity index is 2.30. The second-order valence-electron chi connectivity index (χ2n) is 3.94. The molecule has 0 bridgehead atoms. The van der Waals surface area contributed by atoms with E-state index < -0.39 is 0 Å². The highest BCUT2D eigenvalue weighted by Crippen LogP contribution is 2.13. The summed E-state index contributed by atoms with van der Waals surface area (Å²) in [6.45, 7) is 4.13. The van der Waals surface area contributed by atoms with Crippen molar-refractivity contribution in [2.45, 2.75) is 19.8 Å². The maximum atomic E-state index is 11.9. The standard InChI is InChI=1S/C14H20BrNO3/c1-2-18-9-4-3-8-16-14(17)12-6-5-7-13(10-12)19-11-15/h5-7,10H,2-4,8-9,11H2,1H3,(H,16,17). The molecule has 0 spiro atoms. The molecule has 0 aliphatic rings. The fourth-order valence-electron chi connectivity index (χ4n) is 1.57. The van der Waals surface area contributed by atoms with E-state index in [1.165, 1.54) is 0 Å². The number of unbranched alkanes of at least 4 members (excludes halogenated alkanes) is 1. The van der Waals surface area contributed by atoms with Crippen LogP contribution in [0.1, 0.15) is 30.1 Å². The van der Waals surface area contributed by atoms with E-state index in [1.807, 2.05) is 19.1 Å². The van der Waals surface area contributed by atoms with Crippen LogP contribution in [-0.4, -0.2) is 31.2 Å². The minimum absolute atomic E-state index is 0.0727. The first-order valence-corrected chi connectivity index (χ1v) is 7.55. The Morgan fingerprint density at radius 3 is 2.95 bits per heavy atom. The molecule has 0 radical (unpaired) electrons. The van der Waals surface area contributed by atoms with Crippen LogP contribution in [0.3, 0.4) is 0 Å². The zero-order chi connectivity index (χ0) is 13.9. The number of benzene rings is 1. The Hall–Kier alpha value is -1.07. The molecule has 0 fully saturated rings. The molecular weight excluding hydrogens is 310 g/mol. The Bertz CT molecular complexity index is 385. The van der Waals surface area contributed by atoms with Crippen molar-refractivity contribution in [3.63, 3.8) is 0 Å². The molecule has 0 atom stereocenters. The van der Waals surface area contributed by atoms with Gasteiger partial charge in [-0.2, -0.15) is 0 Å². The summed E-state index contributed by atoms with van der Waals surface area (Å²) >= 11 is 3.18. The topological polar surface area (TPSA) is 47.6 Å². The molecule has 0 aromatic heterocycles. The minimum Gasteiger partial charge on any atom is -0.482 e. The SMILES string of the molecule is CCOCCCCNC(=O)c1cccc(OCBr)c1. The first-order valence-electron chi connectivity index (χ1n) is 6.42. The van der Waals surface area contributed by atoms with Gasteiger partial charge in [0.1, 0.15) is 11.3 Å². The van der Waals surface area contributed by atoms with Gasteiger partial charge in [0, 0.05) is 25.3 Å². The van der Waals surface area contributed by atoms with E-state index in [2.05, 4.69) is 21.2 Å². The summed E-state index contributed by atoms with van der Waals surface area (Å²) in [5, 5.41) is 2.88. The third-order valence-corrected chi connectivity index (χ3v) is 2.75. The molecule has 0 heterocycles. The molecule has 1 N–H and O–H groups in total. The van der Waals surface area contributed by atoms with Crippen LogP contribution in [0.5, 0.6) is 5.75 Å². The van der Waals surface area contributed by atoms with Gasteiger partial charge in [0.25, 0.3) is 5.91 Å². The number of carbonyl (C=O) groups excluding carboxylic acids is 1. The Morgan fingerprint density at radius 1 is 1.37 bits per heavy atom. The zero-order valence-corrected chi connectivity index (χ0v) is 12.7. The van der Waals surface area contributed by atoms with Gasteiger partial charge in [-0.05, 0) is 53.9 Å². The highest BCUT2D eigenvalue weighted by Gasteiger charge is 2.05. The lowest BCUT2D eigenvalue weighted by atomic mass is 10.2. The van der Waals surface area contributed by atoms with Crippen LogP contribution >= 0.6 is 15.9 Å². The minimum atomic E-state index is -0.0727. The summed E-state index contributed by atoms with van der Waals surface area (Å²) in [7, 11) is 0. The Labute approximate surface area is 122 Å². The molecule has 0 saturated carbocycles. The molecule has 0 unspecified atom stereocenters. The van der Waals surface area contributed by atoms with Crippen LogP contribution in [0.25, 0.3) is 0 Å². The van der Waals surface area contributed by atoms with Crippen molar-refractivity contribution >= 4 is 21.8 Å². The lowest BCUT2D eigenvalue weighted by Gasteiger charge is -2.07. The third-order valence-electron chi connectivity index (χ3n) is 2.52. The third kappa shape index (κ3) is 6.59. The molecule has 4 nitrogen and oxygen atoms in total. The number of hydrogen-bond acceptors (Lipinski definition) is 3. The molecule has 1 aromatic rings. The van der Waals surface area contributed by atoms with Gasteiger partial charge in [0.2, 0.25) is 0 Å². The lowest BCUT2D eigenvalue weighted by molar-refractivity contribution is 0.0949. The average Bonchev–Trinajstić information content (AvgIpc) is 2.43. The number of ether oxygens (including phenoxy) is 2. The first kappa shape index (κ1) is 16.0. The van der Waals surface area contributed by atoms with Crippen molar-refractivity contribution in [2.75, 3.05) is 25.3 Å². The van der Waals surface area contributed by atoms with Gasteiger partial charge in [-0.1, -0.05) is 6.07 Å². The van der Waals surface area contributed by atoms with E-state index in [1.54, 1.807) is 12.1 Å². The van der Waals surface area contributed by atoms with Gasteiger partial charge in [-0.25, -0.2) is 0 Å². The van der Waals surface area contributed by atoms with Crippen molar-refractivity contribution in [2.24, 2.45) is 0 Å². The number of nitrogens with one attached hydrogen (secondary N) is 1. The van der Waals surface area contributed by atoms with E-state index in [9.17, 15) is 4.79 Å². The summed E-state index contributed by atoms with van der Waals surface area (Å²) < 4.78 is 10.5. The predicted molar refractivity (Wildman–Crippen MR) is 78.9 cm³/mol. The number of rotatable bonds is 9. The Kier molecular flexibility index (Phi) is 8.25. The zero-order valence-electron chi connectivity index (χ0n) is 11.2. The second-order valence-corrected chi connectivity index (χ2v) is 4.40. The van der Waals surface area contributed by atoms with Gasteiger partial charge in [-0.15, -0.1) is 0 Å². The van der Waals surface area contributed by atoms with Crippen molar-refractivity contribution in [3.05, 3.63) is 29.8 Å². The van der Waals surface area contributed by atoms with Crippen LogP contribution in [0.15, 0.2) is 24.3 Å². The summed E-state index contributed by atoms with van der Waals surface area (Å²) in [6.07, 6.45) is 1.88. The van der Waals surface area contributed by atoms with E-state index in [0.29, 0.717) is 23.4 Å². The molecular formula is C14H20BrNO3. The summed E-state index contributed by atoms with van der Waals surface area (Å²) in [6, 6.07) is 7.13. The number of carbonyl (C=O) groups is 1. The molecule has 0 aliphatic heterocycles. The number of alkyl halides is 1. The number of hydrogen-bond donors (Lipinski definition) is 1. The van der Waals surface area contributed by atoms with Crippen molar-refractivity contribution in [3.8, 4) is 5.75 Å².